The van der Waals surface area contributed by atoms with E-state index in [2.05, 4.69) is 0 Å². The second-order valence-corrected chi connectivity index (χ2v) is 4.41. The van der Waals surface area contributed by atoms with Crippen LogP contribution in [0.25, 0.3) is 0 Å². The van der Waals surface area contributed by atoms with Crippen molar-refractivity contribution in [1.82, 2.24) is 4.90 Å². The highest BCUT2D eigenvalue weighted by Gasteiger charge is 2.29. The van der Waals surface area contributed by atoms with Crippen molar-refractivity contribution in [3.63, 3.8) is 0 Å². The molecule has 1 aliphatic heterocycles. The molecule has 6 heteroatoms. The lowest BCUT2D eigenvalue weighted by molar-refractivity contribution is -0.206. The van der Waals surface area contributed by atoms with Gasteiger partial charge in [0.1, 0.15) is 26.3 Å². The summed E-state index contributed by atoms with van der Waals surface area (Å²) in [7, 11) is 1.36. The second-order valence-electron chi connectivity index (χ2n) is 4.41. The highest BCUT2D eigenvalue weighted by Crippen LogP contribution is 2.09. The summed E-state index contributed by atoms with van der Waals surface area (Å²) in [4.78, 5) is 13.5. The molecule has 1 saturated heterocycles. The molecule has 2 rings (SSSR count). The Labute approximate surface area is 118 Å². The molecule has 0 bridgehead atoms. The molecule has 0 aliphatic carbocycles. The van der Waals surface area contributed by atoms with Crippen LogP contribution in [-0.4, -0.2) is 50.9 Å². The molecule has 0 unspecified atom stereocenters. The first-order valence-electron chi connectivity index (χ1n) is 6.40. The van der Waals surface area contributed by atoms with Crippen LogP contribution < -0.4 is 0 Å². The lowest BCUT2D eigenvalue weighted by Gasteiger charge is -2.31. The summed E-state index contributed by atoms with van der Waals surface area (Å²) in [5.74, 6) is -0.354. The summed E-state index contributed by atoms with van der Waals surface area (Å²) in [5, 5.41) is 0. The Kier molecular flexibility index (Phi) is 5.94. The number of esters is 1. The van der Waals surface area contributed by atoms with Crippen molar-refractivity contribution in [3.8, 4) is 0 Å². The van der Waals surface area contributed by atoms with Crippen LogP contribution in [0.2, 0.25) is 0 Å². The van der Waals surface area contributed by atoms with Crippen LogP contribution in [0, 0.1) is 0 Å². The Morgan fingerprint density at radius 2 is 2.00 bits per heavy atom. The highest BCUT2D eigenvalue weighted by atomic mass is 16.7. The number of ether oxygens (including phenoxy) is 4. The van der Waals surface area contributed by atoms with Gasteiger partial charge in [-0.15, -0.1) is 0 Å². The average Bonchev–Trinajstić information content (AvgIpc) is 2.53. The largest absolute Gasteiger partial charge is 0.468 e. The number of carbonyl (C=O) groups is 1. The van der Waals surface area contributed by atoms with E-state index >= 15 is 0 Å². The standard InChI is InChI=1S/C14H19NO5/c1-17-14(16)13(15-9-19-11-20-10-15)8-18-7-12-5-3-2-4-6-12/h2-6,13H,7-11H2,1H3/t13-/m0/s1. The second kappa shape index (κ2) is 7.96. The Bertz CT molecular complexity index is 405. The maximum absolute atomic E-state index is 11.8. The first-order valence-corrected chi connectivity index (χ1v) is 6.40. The monoisotopic (exact) mass is 281 g/mol. The van der Waals surface area contributed by atoms with Gasteiger partial charge in [-0.1, -0.05) is 30.3 Å². The van der Waals surface area contributed by atoms with Gasteiger partial charge in [-0.3, -0.25) is 4.79 Å². The molecule has 1 fully saturated rings. The molecule has 0 radical (unpaired) electrons. The van der Waals surface area contributed by atoms with Gasteiger partial charge in [-0.2, -0.15) is 0 Å². The van der Waals surface area contributed by atoms with E-state index in [1.807, 2.05) is 30.3 Å². The van der Waals surface area contributed by atoms with E-state index in [9.17, 15) is 4.79 Å². The molecule has 1 aromatic rings. The zero-order valence-electron chi connectivity index (χ0n) is 11.5. The number of methoxy groups -OCH3 is 1. The molecule has 0 spiro atoms. The van der Waals surface area contributed by atoms with Crippen LogP contribution in [0.3, 0.4) is 0 Å². The molecule has 1 atom stereocenters. The van der Waals surface area contributed by atoms with Gasteiger partial charge < -0.3 is 18.9 Å². The Morgan fingerprint density at radius 3 is 2.65 bits per heavy atom. The van der Waals surface area contributed by atoms with Crippen molar-refractivity contribution in [2.24, 2.45) is 0 Å². The van der Waals surface area contributed by atoms with Gasteiger partial charge in [-0.25, -0.2) is 4.90 Å². The molecule has 1 aliphatic rings. The summed E-state index contributed by atoms with van der Waals surface area (Å²) in [6.45, 7) is 1.58. The third-order valence-electron chi connectivity index (χ3n) is 2.98. The predicted molar refractivity (Wildman–Crippen MR) is 70.5 cm³/mol. The Hall–Kier alpha value is -1.47. The summed E-state index contributed by atoms with van der Waals surface area (Å²) in [5.41, 5.74) is 1.06. The lowest BCUT2D eigenvalue weighted by Crippen LogP contribution is -2.49. The molecule has 1 aromatic carbocycles. The number of carbonyl (C=O) groups excluding carboxylic acids is 1. The van der Waals surface area contributed by atoms with Gasteiger partial charge in [0.05, 0.1) is 20.3 Å². The van der Waals surface area contributed by atoms with E-state index in [1.54, 1.807) is 4.90 Å². The number of benzene rings is 1. The van der Waals surface area contributed by atoms with Crippen molar-refractivity contribution in [2.45, 2.75) is 12.6 Å². The van der Waals surface area contributed by atoms with Crippen LogP contribution in [-0.2, 0) is 30.3 Å². The summed E-state index contributed by atoms with van der Waals surface area (Å²) < 4.78 is 20.7. The predicted octanol–water partition coefficient (Wildman–Crippen LogP) is 0.966. The van der Waals surface area contributed by atoms with Crippen molar-refractivity contribution >= 4 is 5.97 Å². The molecule has 6 nitrogen and oxygen atoms in total. The van der Waals surface area contributed by atoms with Gasteiger partial charge in [0.15, 0.2) is 0 Å². The molecule has 110 valence electrons. The fourth-order valence-electron chi connectivity index (χ4n) is 1.91. The fourth-order valence-corrected chi connectivity index (χ4v) is 1.91. The quantitative estimate of drug-likeness (QED) is 0.724. The Morgan fingerprint density at radius 1 is 1.30 bits per heavy atom. The van der Waals surface area contributed by atoms with E-state index in [0.29, 0.717) is 20.1 Å². The smallest absolute Gasteiger partial charge is 0.325 e. The Balaban J connectivity index is 1.85. The van der Waals surface area contributed by atoms with Crippen LogP contribution >= 0.6 is 0 Å². The number of hydrogen-bond donors (Lipinski definition) is 0. The van der Waals surface area contributed by atoms with Crippen LogP contribution in [0.15, 0.2) is 30.3 Å². The molecule has 1 heterocycles. The van der Waals surface area contributed by atoms with E-state index in [-0.39, 0.29) is 19.4 Å². The SMILES string of the molecule is COC(=O)[C@H](COCc1ccccc1)N1COCOC1. The maximum atomic E-state index is 11.8. The molecule has 0 saturated carbocycles. The number of nitrogens with zero attached hydrogens (tertiary/aromatic N) is 1. The van der Waals surface area contributed by atoms with Gasteiger partial charge >= 0.3 is 5.97 Å². The van der Waals surface area contributed by atoms with Gasteiger partial charge in [0.25, 0.3) is 0 Å². The van der Waals surface area contributed by atoms with Gasteiger partial charge in [0, 0.05) is 0 Å². The summed E-state index contributed by atoms with van der Waals surface area (Å²) in [6, 6.07) is 9.26. The first kappa shape index (κ1) is 14.9. The zero-order chi connectivity index (χ0) is 14.2. The normalized spacial score (nSPS) is 17.6. The molecule has 0 aromatic heterocycles. The summed E-state index contributed by atoms with van der Waals surface area (Å²) in [6.07, 6.45) is 0. The van der Waals surface area contributed by atoms with Crippen molar-refractivity contribution in [2.75, 3.05) is 34.0 Å². The van der Waals surface area contributed by atoms with Crippen LogP contribution in [0.1, 0.15) is 5.56 Å². The minimum atomic E-state index is -0.524. The van der Waals surface area contributed by atoms with Crippen molar-refractivity contribution in [3.05, 3.63) is 35.9 Å². The van der Waals surface area contributed by atoms with Crippen molar-refractivity contribution in [1.29, 1.82) is 0 Å². The molecule has 0 N–H and O–H groups in total. The highest BCUT2D eigenvalue weighted by molar-refractivity contribution is 5.75. The van der Waals surface area contributed by atoms with E-state index in [1.165, 1.54) is 7.11 Å². The fraction of sp³-hybridized carbons (Fsp3) is 0.500. The van der Waals surface area contributed by atoms with E-state index in [0.717, 1.165) is 5.56 Å². The van der Waals surface area contributed by atoms with Gasteiger partial charge in [-0.05, 0) is 5.56 Å². The number of hydrogen-bond acceptors (Lipinski definition) is 6. The maximum Gasteiger partial charge on any atom is 0.325 e. The molecular formula is C14H19NO5. The topological polar surface area (TPSA) is 57.2 Å². The average molecular weight is 281 g/mol. The molecular weight excluding hydrogens is 262 g/mol. The third-order valence-corrected chi connectivity index (χ3v) is 2.98. The molecule has 0 amide bonds. The first-order chi connectivity index (χ1) is 9.81. The lowest BCUT2D eigenvalue weighted by atomic mass is 10.2. The number of rotatable bonds is 6. The minimum absolute atomic E-state index is 0.230. The van der Waals surface area contributed by atoms with E-state index < -0.39 is 6.04 Å². The van der Waals surface area contributed by atoms with Crippen LogP contribution in [0.4, 0.5) is 0 Å². The van der Waals surface area contributed by atoms with Gasteiger partial charge in [0.2, 0.25) is 0 Å². The minimum Gasteiger partial charge on any atom is -0.468 e. The van der Waals surface area contributed by atoms with Crippen LogP contribution in [0.5, 0.6) is 0 Å². The zero-order valence-corrected chi connectivity index (χ0v) is 11.5. The third kappa shape index (κ3) is 4.28. The van der Waals surface area contributed by atoms with Crippen molar-refractivity contribution < 1.29 is 23.7 Å². The molecule has 20 heavy (non-hydrogen) atoms. The van der Waals surface area contributed by atoms with E-state index in [4.69, 9.17) is 18.9 Å². The summed E-state index contributed by atoms with van der Waals surface area (Å²) >= 11 is 0.